The number of hydrogen-bond donors (Lipinski definition) is 3. The molecule has 2 aromatic carbocycles. The van der Waals surface area contributed by atoms with Crippen LogP contribution in [-0.4, -0.2) is 28.0 Å². The second-order valence-corrected chi connectivity index (χ2v) is 9.37. The van der Waals surface area contributed by atoms with Crippen LogP contribution in [0.3, 0.4) is 0 Å². The normalized spacial score (nSPS) is 11.9. The van der Waals surface area contributed by atoms with Crippen LogP contribution in [0.1, 0.15) is 29.5 Å². The first-order valence-corrected chi connectivity index (χ1v) is 12.8. The highest BCUT2D eigenvalue weighted by Gasteiger charge is 2.20. The molecule has 1 atom stereocenters. The Kier molecular flexibility index (Phi) is 9.09. The average molecular weight is 527 g/mol. The minimum atomic E-state index is -0.521. The van der Waals surface area contributed by atoms with E-state index in [2.05, 4.69) is 20.9 Å². The highest BCUT2D eigenvalue weighted by molar-refractivity contribution is 8.00. The Labute approximate surface area is 224 Å². The molecule has 3 N–H and O–H groups in total. The molecule has 3 amide bonds. The van der Waals surface area contributed by atoms with Gasteiger partial charge < -0.3 is 20.4 Å². The van der Waals surface area contributed by atoms with Crippen LogP contribution in [0.4, 0.5) is 11.5 Å². The Balaban J connectivity index is 1.46. The van der Waals surface area contributed by atoms with E-state index in [1.165, 1.54) is 24.1 Å². The number of carbonyl (C=O) groups is 3. The van der Waals surface area contributed by atoms with Gasteiger partial charge in [-0.1, -0.05) is 37.3 Å². The van der Waals surface area contributed by atoms with Gasteiger partial charge in [0.05, 0.1) is 11.5 Å². The summed E-state index contributed by atoms with van der Waals surface area (Å²) in [6.07, 6.45) is 5.16. The molecule has 0 saturated heterocycles. The van der Waals surface area contributed by atoms with Crippen molar-refractivity contribution in [1.82, 2.24) is 10.3 Å². The van der Waals surface area contributed by atoms with E-state index in [1.54, 1.807) is 85.1 Å². The van der Waals surface area contributed by atoms with Crippen molar-refractivity contribution in [1.29, 1.82) is 0 Å². The molecule has 0 aliphatic heterocycles. The van der Waals surface area contributed by atoms with Gasteiger partial charge in [-0.25, -0.2) is 4.98 Å². The Hall–Kier alpha value is -4.63. The van der Waals surface area contributed by atoms with Crippen LogP contribution < -0.4 is 16.0 Å². The smallest absolute Gasteiger partial charge is 0.272 e. The van der Waals surface area contributed by atoms with Crippen LogP contribution in [0.25, 0.3) is 6.08 Å². The van der Waals surface area contributed by atoms with Crippen molar-refractivity contribution in [2.24, 2.45) is 0 Å². The molecule has 4 aromatic rings. The minimum Gasteiger partial charge on any atom is -0.465 e. The number of amides is 3. The molecule has 0 aliphatic rings. The van der Waals surface area contributed by atoms with Crippen molar-refractivity contribution in [3.63, 3.8) is 0 Å². The summed E-state index contributed by atoms with van der Waals surface area (Å²) >= 11 is 1.39. The summed E-state index contributed by atoms with van der Waals surface area (Å²) in [7, 11) is 0. The number of thioether (sulfide) groups is 1. The SMILES string of the molecule is CCC(Sc1cccc(NC(=O)/C(=C/c2ccco2)NC(=O)c2ccccc2)c1)C(=O)Nc1ccccn1. The fraction of sp³-hybridized carbons (Fsp3) is 0.103. The third-order valence-electron chi connectivity index (χ3n) is 5.31. The average Bonchev–Trinajstić information content (AvgIpc) is 3.46. The lowest BCUT2D eigenvalue weighted by Crippen LogP contribution is -2.30. The fourth-order valence-electron chi connectivity index (χ4n) is 3.43. The minimum absolute atomic E-state index is 0.0213. The number of hydrogen-bond acceptors (Lipinski definition) is 6. The maximum absolute atomic E-state index is 13.2. The number of pyridine rings is 1. The Bertz CT molecular complexity index is 1410. The second-order valence-electron chi connectivity index (χ2n) is 8.09. The predicted molar refractivity (Wildman–Crippen MR) is 148 cm³/mol. The molecule has 8 nitrogen and oxygen atoms in total. The van der Waals surface area contributed by atoms with Crippen molar-refractivity contribution < 1.29 is 18.8 Å². The lowest BCUT2D eigenvalue weighted by atomic mass is 10.2. The van der Waals surface area contributed by atoms with Gasteiger partial charge in [0.1, 0.15) is 17.3 Å². The zero-order valence-electron chi connectivity index (χ0n) is 20.6. The molecule has 9 heteroatoms. The lowest BCUT2D eigenvalue weighted by molar-refractivity contribution is -0.116. The molecule has 38 heavy (non-hydrogen) atoms. The van der Waals surface area contributed by atoms with Crippen molar-refractivity contribution in [2.75, 3.05) is 10.6 Å². The third kappa shape index (κ3) is 7.44. The third-order valence-corrected chi connectivity index (χ3v) is 6.67. The van der Waals surface area contributed by atoms with Gasteiger partial charge in [0, 0.05) is 28.4 Å². The fourth-order valence-corrected chi connectivity index (χ4v) is 4.45. The van der Waals surface area contributed by atoms with E-state index < -0.39 is 11.8 Å². The van der Waals surface area contributed by atoms with E-state index in [1.807, 2.05) is 13.0 Å². The van der Waals surface area contributed by atoms with E-state index in [9.17, 15) is 14.4 Å². The lowest BCUT2D eigenvalue weighted by Gasteiger charge is -2.15. The van der Waals surface area contributed by atoms with E-state index >= 15 is 0 Å². The summed E-state index contributed by atoms with van der Waals surface area (Å²) in [5, 5.41) is 7.97. The van der Waals surface area contributed by atoms with Gasteiger partial charge in [-0.2, -0.15) is 0 Å². The maximum atomic E-state index is 13.2. The number of nitrogens with zero attached hydrogens (tertiary/aromatic N) is 1. The largest absolute Gasteiger partial charge is 0.465 e. The molecule has 0 saturated carbocycles. The Morgan fingerprint density at radius 1 is 0.947 bits per heavy atom. The number of benzene rings is 2. The van der Waals surface area contributed by atoms with Gasteiger partial charge in [0.15, 0.2) is 0 Å². The molecule has 0 radical (unpaired) electrons. The van der Waals surface area contributed by atoms with Crippen molar-refractivity contribution >= 4 is 47.1 Å². The molecule has 0 bridgehead atoms. The predicted octanol–water partition coefficient (Wildman–Crippen LogP) is 5.59. The van der Waals surface area contributed by atoms with E-state index in [0.29, 0.717) is 29.2 Å². The molecule has 2 aromatic heterocycles. The van der Waals surface area contributed by atoms with Crippen LogP contribution in [-0.2, 0) is 9.59 Å². The van der Waals surface area contributed by atoms with E-state index in [4.69, 9.17) is 4.42 Å². The Morgan fingerprint density at radius 3 is 2.47 bits per heavy atom. The zero-order chi connectivity index (χ0) is 26.7. The molecule has 2 heterocycles. The number of rotatable bonds is 10. The first-order valence-electron chi connectivity index (χ1n) is 11.9. The van der Waals surface area contributed by atoms with Gasteiger partial charge >= 0.3 is 0 Å². The molecular formula is C29H26N4O4S. The van der Waals surface area contributed by atoms with Crippen molar-refractivity contribution in [3.05, 3.63) is 114 Å². The van der Waals surface area contributed by atoms with Crippen molar-refractivity contribution in [3.8, 4) is 0 Å². The standard InChI is InChI=1S/C29H26N4O4S/c1-2-25(29(36)33-26-15-6-7-16-30-26)38-23-14-8-12-21(18-23)31-28(35)24(19-22-13-9-17-37-22)32-27(34)20-10-4-3-5-11-20/h3-19,25H,2H2,1H3,(H,31,35)(H,32,34)(H,30,33,36)/b24-19-. The number of furan rings is 1. The molecule has 0 spiro atoms. The number of aromatic nitrogens is 1. The number of nitrogens with one attached hydrogen (secondary N) is 3. The van der Waals surface area contributed by atoms with Crippen molar-refractivity contribution in [2.45, 2.75) is 23.5 Å². The van der Waals surface area contributed by atoms with Gasteiger partial charge in [-0.05, 0) is 61.0 Å². The van der Waals surface area contributed by atoms with Gasteiger partial charge in [0.2, 0.25) is 5.91 Å². The summed E-state index contributed by atoms with van der Waals surface area (Å²) in [5.74, 6) is -0.193. The first-order chi connectivity index (χ1) is 18.5. The summed E-state index contributed by atoms with van der Waals surface area (Å²) < 4.78 is 5.34. The first kappa shape index (κ1) is 26.4. The summed E-state index contributed by atoms with van der Waals surface area (Å²) in [5.41, 5.74) is 0.950. The quantitative estimate of drug-likeness (QED) is 0.183. The van der Waals surface area contributed by atoms with Crippen LogP contribution >= 0.6 is 11.8 Å². The topological polar surface area (TPSA) is 113 Å². The highest BCUT2D eigenvalue weighted by atomic mass is 32.2. The van der Waals surface area contributed by atoms with Gasteiger partial charge in [-0.3, -0.25) is 14.4 Å². The summed E-state index contributed by atoms with van der Waals surface area (Å²) in [6.45, 7) is 1.93. The molecule has 4 rings (SSSR count). The Morgan fingerprint density at radius 2 is 1.76 bits per heavy atom. The number of carbonyl (C=O) groups excluding carboxylic acids is 3. The van der Waals surface area contributed by atoms with Crippen LogP contribution in [0.2, 0.25) is 0 Å². The van der Waals surface area contributed by atoms with Gasteiger partial charge in [-0.15, -0.1) is 11.8 Å². The van der Waals surface area contributed by atoms with E-state index in [-0.39, 0.29) is 16.9 Å². The van der Waals surface area contributed by atoms with Gasteiger partial charge in [0.25, 0.3) is 11.8 Å². The molecule has 0 fully saturated rings. The maximum Gasteiger partial charge on any atom is 0.272 e. The second kappa shape index (κ2) is 13.1. The molecule has 0 aliphatic carbocycles. The van der Waals surface area contributed by atoms with Crippen LogP contribution in [0, 0.1) is 0 Å². The summed E-state index contributed by atoms with van der Waals surface area (Å²) in [4.78, 5) is 43.6. The van der Waals surface area contributed by atoms with Crippen LogP contribution in [0.15, 0.2) is 112 Å². The number of anilines is 2. The monoisotopic (exact) mass is 526 g/mol. The summed E-state index contributed by atoms with van der Waals surface area (Å²) in [6, 6.07) is 24.5. The molecular weight excluding hydrogens is 500 g/mol. The zero-order valence-corrected chi connectivity index (χ0v) is 21.4. The highest BCUT2D eigenvalue weighted by Crippen LogP contribution is 2.28. The van der Waals surface area contributed by atoms with E-state index in [0.717, 1.165) is 4.90 Å². The molecule has 192 valence electrons. The van der Waals surface area contributed by atoms with Crippen LogP contribution in [0.5, 0.6) is 0 Å². The molecule has 1 unspecified atom stereocenters.